The van der Waals surface area contributed by atoms with Crippen LogP contribution in [0.2, 0.25) is 0 Å². The van der Waals surface area contributed by atoms with Crippen LogP contribution in [0.25, 0.3) is 0 Å². The number of Topliss-reactive ketones (excluding diaryl/α,β-unsaturated/α-hetero) is 1. The lowest BCUT2D eigenvalue weighted by Crippen LogP contribution is -2.30. The molecule has 2 aromatic carbocycles. The molecule has 0 unspecified atom stereocenters. The molecule has 2 aromatic rings. The second-order valence-corrected chi connectivity index (χ2v) is 12.6. The van der Waals surface area contributed by atoms with E-state index in [0.29, 0.717) is 37.1 Å². The van der Waals surface area contributed by atoms with Crippen LogP contribution in [0, 0.1) is 22.7 Å². The van der Waals surface area contributed by atoms with Gasteiger partial charge in [0, 0.05) is 23.5 Å². The molecule has 0 aromatic heterocycles. The highest BCUT2D eigenvalue weighted by Crippen LogP contribution is 2.36. The third-order valence-electron chi connectivity index (χ3n) is 7.95. The maximum absolute atomic E-state index is 13.0. The minimum absolute atomic E-state index is 0.0105. The van der Waals surface area contributed by atoms with E-state index in [1.54, 1.807) is 12.1 Å². The van der Waals surface area contributed by atoms with E-state index >= 15 is 0 Å². The first-order chi connectivity index (χ1) is 24.0. The number of aliphatic carboxylic acids is 1. The van der Waals surface area contributed by atoms with Crippen molar-refractivity contribution in [2.75, 3.05) is 29.2 Å². The first-order valence-electron chi connectivity index (χ1n) is 15.8. The largest absolute Gasteiger partial charge is 0.480 e. The number of rotatable bonds is 10. The number of halogens is 8. The van der Waals surface area contributed by atoms with Gasteiger partial charge in [0.15, 0.2) is 5.78 Å². The molecule has 2 aliphatic rings. The first kappa shape index (κ1) is 43.4. The van der Waals surface area contributed by atoms with Crippen molar-refractivity contribution in [1.29, 1.82) is 10.5 Å². The summed E-state index contributed by atoms with van der Waals surface area (Å²) in [4.78, 5) is 21.4. The van der Waals surface area contributed by atoms with Crippen LogP contribution in [0.5, 0.6) is 0 Å². The highest BCUT2D eigenvalue weighted by atomic mass is 35.5. The number of nitrogens with zero attached hydrogens (tertiary/aromatic N) is 2. The van der Waals surface area contributed by atoms with Crippen LogP contribution in [-0.2, 0) is 31.4 Å². The van der Waals surface area contributed by atoms with Gasteiger partial charge in [0.05, 0.1) is 51.9 Å². The summed E-state index contributed by atoms with van der Waals surface area (Å²) in [6.45, 7) is 1.23. The Bertz CT molecular complexity index is 1400. The van der Waals surface area contributed by atoms with Gasteiger partial charge >= 0.3 is 18.3 Å². The van der Waals surface area contributed by atoms with E-state index in [9.17, 15) is 35.9 Å². The number of hydrogen-bond donors (Lipinski definition) is 3. The number of ether oxygens (including phenoxy) is 2. The zero-order valence-corrected chi connectivity index (χ0v) is 29.1. The lowest BCUT2D eigenvalue weighted by molar-refractivity contribution is -0.145. The molecule has 2 fully saturated rings. The third kappa shape index (κ3) is 15.6. The molecule has 0 heterocycles. The SMILES string of the molecule is CC(=O)COC1CCC(Nc2ccc(C#N)c(C(F)(F)F)c2)CC1.ClCCl.N#Cc1ccc(NC2CCC(OCC(=O)O)CC2)cc1C(F)(F)F. The van der Waals surface area contributed by atoms with E-state index in [4.69, 9.17) is 48.3 Å². The number of ketones is 1. The molecule has 4 rings (SSSR count). The summed E-state index contributed by atoms with van der Waals surface area (Å²) in [6, 6.07) is 10.4. The summed E-state index contributed by atoms with van der Waals surface area (Å²) in [5.41, 5.74) is -1.99. The Balaban J connectivity index is 0.000000328. The Labute approximate surface area is 301 Å². The van der Waals surface area contributed by atoms with Gasteiger partial charge in [-0.05, 0) is 94.7 Å². The lowest BCUT2D eigenvalue weighted by atomic mass is 9.92. The summed E-state index contributed by atoms with van der Waals surface area (Å²) in [5, 5.41) is 32.5. The molecule has 17 heteroatoms. The van der Waals surface area contributed by atoms with Crippen molar-refractivity contribution in [3.63, 3.8) is 0 Å². The average Bonchev–Trinajstić information content (AvgIpc) is 3.07. The monoisotopic (exact) mass is 766 g/mol. The maximum Gasteiger partial charge on any atom is 0.417 e. The fourth-order valence-electron chi connectivity index (χ4n) is 5.58. The molecular weight excluding hydrogens is 729 g/mol. The van der Waals surface area contributed by atoms with Crippen LogP contribution in [0.15, 0.2) is 36.4 Å². The fourth-order valence-corrected chi connectivity index (χ4v) is 5.58. The number of hydrogen-bond acceptors (Lipinski definition) is 8. The number of carboxylic acid groups (broad SMARTS) is 1. The van der Waals surface area contributed by atoms with E-state index in [0.717, 1.165) is 43.9 Å². The zero-order valence-electron chi connectivity index (χ0n) is 27.6. The van der Waals surface area contributed by atoms with E-state index in [1.807, 2.05) is 0 Å². The van der Waals surface area contributed by atoms with E-state index in [2.05, 4.69) is 10.6 Å². The summed E-state index contributed by atoms with van der Waals surface area (Å²) in [7, 11) is 0. The minimum atomic E-state index is -4.58. The molecule has 2 saturated carbocycles. The highest BCUT2D eigenvalue weighted by molar-refractivity contribution is 6.40. The van der Waals surface area contributed by atoms with Crippen LogP contribution in [-0.4, -0.2) is 59.7 Å². The van der Waals surface area contributed by atoms with Gasteiger partial charge in [-0.1, -0.05) is 0 Å². The van der Waals surface area contributed by atoms with Crippen molar-refractivity contribution in [3.05, 3.63) is 58.7 Å². The van der Waals surface area contributed by atoms with E-state index < -0.39 is 35.0 Å². The number of carbonyl (C=O) groups is 2. The van der Waals surface area contributed by atoms with Gasteiger partial charge < -0.3 is 25.2 Å². The van der Waals surface area contributed by atoms with Crippen LogP contribution in [0.3, 0.4) is 0 Å². The number of anilines is 2. The number of nitriles is 2. The predicted octanol–water partition coefficient (Wildman–Crippen LogP) is 8.73. The van der Waals surface area contributed by atoms with Crippen molar-refractivity contribution in [3.8, 4) is 12.1 Å². The molecule has 0 saturated heterocycles. The first-order valence-corrected chi connectivity index (χ1v) is 16.9. The molecule has 280 valence electrons. The van der Waals surface area contributed by atoms with Gasteiger partial charge in [-0.15, -0.1) is 23.2 Å². The molecule has 2 aliphatic carbocycles. The van der Waals surface area contributed by atoms with Crippen molar-refractivity contribution >= 4 is 46.3 Å². The summed E-state index contributed by atoms with van der Waals surface area (Å²) in [6.07, 6.45) is -3.58. The molecule has 51 heavy (non-hydrogen) atoms. The number of alkyl halides is 8. The molecule has 9 nitrogen and oxygen atoms in total. The second kappa shape index (κ2) is 20.9. The van der Waals surface area contributed by atoms with Gasteiger partial charge in [-0.25, -0.2) is 4.79 Å². The molecule has 0 bridgehead atoms. The Hall–Kier alpha value is -3.76. The third-order valence-corrected chi connectivity index (χ3v) is 7.95. The molecule has 0 radical (unpaired) electrons. The van der Waals surface area contributed by atoms with Crippen molar-refractivity contribution in [2.45, 2.75) is 94.9 Å². The van der Waals surface area contributed by atoms with Crippen molar-refractivity contribution in [1.82, 2.24) is 0 Å². The molecule has 3 N–H and O–H groups in total. The van der Waals surface area contributed by atoms with Crippen molar-refractivity contribution in [2.24, 2.45) is 0 Å². The van der Waals surface area contributed by atoms with Crippen molar-refractivity contribution < 1.29 is 50.5 Å². The molecule has 0 spiro atoms. The smallest absolute Gasteiger partial charge is 0.417 e. The van der Waals surface area contributed by atoms with Gasteiger partial charge in [0.25, 0.3) is 0 Å². The molecule has 0 aliphatic heterocycles. The van der Waals surface area contributed by atoms with Gasteiger partial charge in [0.1, 0.15) is 13.2 Å². The Morgan fingerprint density at radius 3 is 1.39 bits per heavy atom. The summed E-state index contributed by atoms with van der Waals surface area (Å²) in [5.74, 6) is -1.04. The van der Waals surface area contributed by atoms with Gasteiger partial charge in [0.2, 0.25) is 0 Å². The quantitative estimate of drug-likeness (QED) is 0.160. The van der Waals surface area contributed by atoms with Gasteiger partial charge in [-0.3, -0.25) is 4.79 Å². The number of carboxylic acids is 1. The Kier molecular flexibility index (Phi) is 17.8. The second-order valence-electron chi connectivity index (χ2n) is 11.8. The van der Waals surface area contributed by atoms with Gasteiger partial charge in [-0.2, -0.15) is 36.9 Å². The molecular formula is C34H38Cl2F6N4O5. The number of carbonyl (C=O) groups excluding carboxylic acids is 1. The molecule has 0 amide bonds. The normalized spacial score (nSPS) is 20.2. The lowest BCUT2D eigenvalue weighted by Gasteiger charge is -2.29. The molecule has 0 atom stereocenters. The highest BCUT2D eigenvalue weighted by Gasteiger charge is 2.35. The Morgan fingerprint density at radius 1 is 0.745 bits per heavy atom. The van der Waals surface area contributed by atoms with Crippen LogP contribution >= 0.6 is 23.2 Å². The zero-order chi connectivity index (χ0) is 38.2. The van der Waals surface area contributed by atoms with Crippen LogP contribution in [0.1, 0.15) is 80.5 Å². The van der Waals surface area contributed by atoms with E-state index in [-0.39, 0.29) is 54.2 Å². The standard InChI is InChI=1S/C17H19F3N2O2.C16H17F3N2O3.CH2Cl2/c1-11(23)10-24-15-6-4-13(5-7-15)22-14-3-2-12(9-21)16(8-14)17(18,19)20;17-16(18,19)14-7-12(2-1-10(14)8-20)21-11-3-5-13(6-4-11)24-9-15(22)23;2-1-3/h2-3,8,13,15,22H,4-7,10H2,1H3;1-2,7,11,13,21H,3-6,9H2,(H,22,23);1H2. The number of benzene rings is 2. The predicted molar refractivity (Wildman–Crippen MR) is 178 cm³/mol. The average molecular weight is 768 g/mol. The Morgan fingerprint density at radius 2 is 1.10 bits per heavy atom. The minimum Gasteiger partial charge on any atom is -0.480 e. The topological polar surface area (TPSA) is 144 Å². The summed E-state index contributed by atoms with van der Waals surface area (Å²) >= 11 is 9.53. The fraction of sp³-hybridized carbons (Fsp3) is 0.529. The van der Waals surface area contributed by atoms with E-state index in [1.165, 1.54) is 25.1 Å². The van der Waals surface area contributed by atoms with Crippen LogP contribution < -0.4 is 10.6 Å². The summed E-state index contributed by atoms with van der Waals surface area (Å²) < 4.78 is 88.5. The maximum atomic E-state index is 13.0. The van der Waals surface area contributed by atoms with Crippen LogP contribution in [0.4, 0.5) is 37.7 Å². The number of nitrogens with one attached hydrogen (secondary N) is 2.